The van der Waals surface area contributed by atoms with Crippen LogP contribution in [0.5, 0.6) is 0 Å². The molecule has 3 aromatic rings. The average Bonchev–Trinajstić information content (AvgIpc) is 3.30. The first kappa shape index (κ1) is 14.6. The van der Waals surface area contributed by atoms with Gasteiger partial charge in [0.2, 0.25) is 0 Å². The number of amides is 1. The molecule has 0 radical (unpaired) electrons. The first-order valence-corrected chi connectivity index (χ1v) is 8.81. The monoisotopic (exact) mass is 336 g/mol. The summed E-state index contributed by atoms with van der Waals surface area (Å²) in [7, 11) is 0. The zero-order valence-electron chi connectivity index (χ0n) is 14.2. The Bertz CT molecular complexity index is 973. The summed E-state index contributed by atoms with van der Waals surface area (Å²) >= 11 is 0. The van der Waals surface area contributed by atoms with E-state index in [1.54, 1.807) is 10.8 Å². The molecule has 1 N–H and O–H groups in total. The Hall–Kier alpha value is -2.70. The highest BCUT2D eigenvalue weighted by molar-refractivity contribution is 6.02. The molecular formula is C18H20N6O. The maximum Gasteiger partial charge on any atom is 0.258 e. The highest BCUT2D eigenvalue weighted by Gasteiger charge is 2.45. The zero-order chi connectivity index (χ0) is 17.0. The number of carbonyl (C=O) groups excluding carboxylic acids is 1. The molecule has 25 heavy (non-hydrogen) atoms. The Morgan fingerprint density at radius 1 is 1.36 bits per heavy atom. The largest absolute Gasteiger partial charge is 0.338 e. The number of likely N-dealkylation sites (tertiary alicyclic amines) is 1. The fourth-order valence-corrected chi connectivity index (χ4v) is 4.60. The fourth-order valence-electron chi connectivity index (χ4n) is 4.60. The van der Waals surface area contributed by atoms with Gasteiger partial charge in [-0.1, -0.05) is 0 Å². The van der Waals surface area contributed by atoms with E-state index in [4.69, 9.17) is 0 Å². The summed E-state index contributed by atoms with van der Waals surface area (Å²) in [6.45, 7) is 3.42. The summed E-state index contributed by atoms with van der Waals surface area (Å²) in [5.74, 6) is 0.0625. The number of piperidine rings is 1. The minimum atomic E-state index is 0.0366. The second-order valence-corrected chi connectivity index (χ2v) is 7.24. The van der Waals surface area contributed by atoms with E-state index in [0.29, 0.717) is 5.56 Å². The molecule has 1 atom stereocenters. The lowest BCUT2D eigenvalue weighted by atomic mass is 9.77. The molecule has 3 aromatic heterocycles. The van der Waals surface area contributed by atoms with E-state index in [9.17, 15) is 4.79 Å². The highest BCUT2D eigenvalue weighted by atomic mass is 16.2. The number of nitrogens with one attached hydrogen (secondary N) is 1. The normalized spacial score (nSPS) is 22.7. The molecule has 1 amide bonds. The van der Waals surface area contributed by atoms with Gasteiger partial charge in [-0.3, -0.25) is 9.89 Å². The lowest BCUT2D eigenvalue weighted by Gasteiger charge is -2.40. The average molecular weight is 336 g/mol. The number of aromatic nitrogens is 5. The third-order valence-electron chi connectivity index (χ3n) is 5.79. The molecule has 1 aliphatic heterocycles. The van der Waals surface area contributed by atoms with E-state index in [0.717, 1.165) is 50.0 Å². The molecular weight excluding hydrogens is 316 g/mol. The maximum absolute atomic E-state index is 13.3. The third kappa shape index (κ3) is 2.04. The fraction of sp³-hybridized carbons (Fsp3) is 0.444. The predicted molar refractivity (Wildman–Crippen MR) is 91.4 cm³/mol. The van der Waals surface area contributed by atoms with Crippen molar-refractivity contribution in [2.24, 2.45) is 0 Å². The van der Waals surface area contributed by atoms with Crippen LogP contribution in [0.4, 0.5) is 0 Å². The molecule has 0 saturated carbocycles. The minimum absolute atomic E-state index is 0.0366. The van der Waals surface area contributed by atoms with Gasteiger partial charge in [0.05, 0.1) is 17.5 Å². The number of fused-ring (bicyclic) bond motifs is 3. The Labute approximate surface area is 145 Å². The zero-order valence-corrected chi connectivity index (χ0v) is 14.2. The van der Waals surface area contributed by atoms with Crippen molar-refractivity contribution in [3.8, 4) is 0 Å². The van der Waals surface area contributed by atoms with E-state index in [1.807, 2.05) is 30.2 Å². The van der Waals surface area contributed by atoms with Gasteiger partial charge in [-0.05, 0) is 50.3 Å². The van der Waals surface area contributed by atoms with Gasteiger partial charge in [0.15, 0.2) is 0 Å². The molecule has 7 nitrogen and oxygen atoms in total. The molecule has 1 saturated heterocycles. The van der Waals surface area contributed by atoms with E-state index >= 15 is 0 Å². The van der Waals surface area contributed by atoms with Crippen molar-refractivity contribution in [1.29, 1.82) is 0 Å². The summed E-state index contributed by atoms with van der Waals surface area (Å²) in [5, 5.41) is 16.0. The van der Waals surface area contributed by atoms with Crippen LogP contribution in [0.3, 0.4) is 0 Å². The topological polar surface area (TPSA) is 79.2 Å². The van der Waals surface area contributed by atoms with E-state index < -0.39 is 0 Å². The number of carbonyl (C=O) groups is 1. The lowest BCUT2D eigenvalue weighted by molar-refractivity contribution is 0.0634. The number of nitrogens with zero attached hydrogens (tertiary/aromatic N) is 5. The quantitative estimate of drug-likeness (QED) is 0.736. The molecule has 0 aromatic carbocycles. The molecule has 4 heterocycles. The second-order valence-electron chi connectivity index (χ2n) is 7.24. The van der Waals surface area contributed by atoms with Crippen LogP contribution in [-0.4, -0.2) is 48.9 Å². The van der Waals surface area contributed by atoms with Gasteiger partial charge in [0.1, 0.15) is 5.52 Å². The SMILES string of the molecule is Cc1nn2ncccc2c1C(=O)N1CCCC2(CCc3cn[nH]c32)C1. The lowest BCUT2D eigenvalue weighted by Crippen LogP contribution is -2.48. The third-order valence-corrected chi connectivity index (χ3v) is 5.79. The van der Waals surface area contributed by atoms with Crippen LogP contribution >= 0.6 is 0 Å². The first-order valence-electron chi connectivity index (χ1n) is 8.81. The van der Waals surface area contributed by atoms with Crippen molar-refractivity contribution >= 4 is 11.4 Å². The van der Waals surface area contributed by atoms with Gasteiger partial charge in [-0.25, -0.2) is 0 Å². The van der Waals surface area contributed by atoms with E-state index in [2.05, 4.69) is 20.4 Å². The van der Waals surface area contributed by atoms with Crippen LogP contribution in [0, 0.1) is 6.92 Å². The Balaban J connectivity index is 1.51. The molecule has 0 bridgehead atoms. The van der Waals surface area contributed by atoms with Crippen LogP contribution in [-0.2, 0) is 11.8 Å². The van der Waals surface area contributed by atoms with Gasteiger partial charge in [0.25, 0.3) is 5.91 Å². The molecule has 1 aliphatic carbocycles. The molecule has 5 rings (SSSR count). The number of H-pyrrole nitrogens is 1. The van der Waals surface area contributed by atoms with Gasteiger partial charge in [0, 0.05) is 30.4 Å². The summed E-state index contributed by atoms with van der Waals surface area (Å²) < 4.78 is 1.55. The Morgan fingerprint density at radius 2 is 2.28 bits per heavy atom. The van der Waals surface area contributed by atoms with Crippen LogP contribution < -0.4 is 0 Å². The van der Waals surface area contributed by atoms with Crippen molar-refractivity contribution in [2.45, 2.75) is 38.0 Å². The van der Waals surface area contributed by atoms with Crippen molar-refractivity contribution < 1.29 is 4.79 Å². The van der Waals surface area contributed by atoms with Gasteiger partial charge < -0.3 is 4.90 Å². The van der Waals surface area contributed by atoms with Crippen molar-refractivity contribution in [3.63, 3.8) is 0 Å². The van der Waals surface area contributed by atoms with E-state index in [1.165, 1.54) is 11.3 Å². The van der Waals surface area contributed by atoms with Crippen LogP contribution in [0.25, 0.3) is 5.52 Å². The van der Waals surface area contributed by atoms with Crippen molar-refractivity contribution in [3.05, 3.63) is 47.0 Å². The minimum Gasteiger partial charge on any atom is -0.338 e. The summed E-state index contributed by atoms with van der Waals surface area (Å²) in [4.78, 5) is 15.3. The number of hydrogen-bond acceptors (Lipinski definition) is 4. The number of aryl methyl sites for hydroxylation is 2. The standard InChI is InChI=1S/C18H20N6O/c1-12-15(14-4-2-8-20-24(14)22-12)17(25)23-9-3-6-18(11-23)7-5-13-10-19-21-16(13)18/h2,4,8,10H,3,5-7,9,11H2,1H3,(H,19,21). The molecule has 1 fully saturated rings. The highest BCUT2D eigenvalue weighted by Crippen LogP contribution is 2.44. The molecule has 128 valence electrons. The first-order chi connectivity index (χ1) is 12.2. The molecule has 1 unspecified atom stereocenters. The molecule has 1 spiro atoms. The van der Waals surface area contributed by atoms with E-state index in [-0.39, 0.29) is 11.3 Å². The predicted octanol–water partition coefficient (Wildman–Crippen LogP) is 1.88. The van der Waals surface area contributed by atoms with Gasteiger partial charge in [-0.2, -0.15) is 19.9 Å². The van der Waals surface area contributed by atoms with Crippen LogP contribution in [0.15, 0.2) is 24.5 Å². The number of hydrogen-bond donors (Lipinski definition) is 1. The Morgan fingerprint density at radius 3 is 3.20 bits per heavy atom. The Kier molecular flexibility index (Phi) is 3.01. The van der Waals surface area contributed by atoms with Crippen molar-refractivity contribution in [2.75, 3.05) is 13.1 Å². The summed E-state index contributed by atoms with van der Waals surface area (Å²) in [6, 6.07) is 3.75. The summed E-state index contributed by atoms with van der Waals surface area (Å²) in [5.41, 5.74) is 4.77. The number of aromatic amines is 1. The van der Waals surface area contributed by atoms with Gasteiger partial charge in [-0.15, -0.1) is 0 Å². The van der Waals surface area contributed by atoms with Crippen molar-refractivity contribution in [1.82, 2.24) is 29.9 Å². The summed E-state index contributed by atoms with van der Waals surface area (Å²) in [6.07, 6.45) is 7.89. The smallest absolute Gasteiger partial charge is 0.258 e. The van der Waals surface area contributed by atoms with Crippen LogP contribution in [0.1, 0.15) is 46.6 Å². The van der Waals surface area contributed by atoms with Gasteiger partial charge >= 0.3 is 0 Å². The maximum atomic E-state index is 13.3. The number of rotatable bonds is 1. The molecule has 2 aliphatic rings. The molecule has 7 heteroatoms. The van der Waals surface area contributed by atoms with Crippen LogP contribution in [0.2, 0.25) is 0 Å². The second kappa shape index (κ2) is 5.15.